The van der Waals surface area contributed by atoms with Crippen molar-refractivity contribution in [1.29, 1.82) is 0 Å². The topological polar surface area (TPSA) is 125 Å². The van der Waals surface area contributed by atoms with Crippen molar-refractivity contribution in [2.24, 2.45) is 4.40 Å². The van der Waals surface area contributed by atoms with E-state index in [-0.39, 0.29) is 23.0 Å². The van der Waals surface area contributed by atoms with Crippen LogP contribution in [-0.4, -0.2) is 25.2 Å². The smallest absolute Gasteiger partial charge is 0.326 e. The number of carbonyl (C=O) groups is 1. The molecule has 0 aliphatic carbocycles. The number of amidine groups is 1. The van der Waals surface area contributed by atoms with Gasteiger partial charge in [0, 0.05) is 10.7 Å². The fourth-order valence-electron chi connectivity index (χ4n) is 1.33. The molecule has 2 heterocycles. The molecule has 8 nitrogen and oxygen atoms in total. The fraction of sp³-hybridized carbons (Fsp3) is 0.125. The van der Waals surface area contributed by atoms with Gasteiger partial charge in [-0.15, -0.1) is 4.40 Å². The molecule has 1 aliphatic heterocycles. The van der Waals surface area contributed by atoms with Crippen molar-refractivity contribution in [1.82, 2.24) is 4.98 Å². The van der Waals surface area contributed by atoms with Gasteiger partial charge in [-0.3, -0.25) is 4.84 Å². The van der Waals surface area contributed by atoms with Crippen molar-refractivity contribution in [2.75, 3.05) is 5.32 Å². The summed E-state index contributed by atoms with van der Waals surface area (Å²) >= 11 is 3.12. The Morgan fingerprint density at radius 3 is 2.94 bits per heavy atom. The molecule has 0 unspecified atom stereocenters. The van der Waals surface area contributed by atoms with Crippen molar-refractivity contribution >= 4 is 43.6 Å². The molecule has 0 bridgehead atoms. The summed E-state index contributed by atoms with van der Waals surface area (Å²) in [4.78, 5) is 19.1. The van der Waals surface area contributed by atoms with Gasteiger partial charge in [-0.2, -0.15) is 14.3 Å². The van der Waals surface area contributed by atoms with E-state index in [0.29, 0.717) is 4.47 Å². The summed E-state index contributed by atoms with van der Waals surface area (Å²) in [6, 6.07) is 1.38. The van der Waals surface area contributed by atoms with Crippen molar-refractivity contribution in [3.8, 4) is 0 Å². The number of nitrogens with one attached hydrogen (secondary N) is 1. The first kappa shape index (κ1) is 12.9. The zero-order chi connectivity index (χ0) is 13.3. The van der Waals surface area contributed by atoms with Gasteiger partial charge < -0.3 is 5.32 Å². The van der Waals surface area contributed by atoms with Crippen LogP contribution < -0.4 is 11.2 Å². The van der Waals surface area contributed by atoms with Crippen LogP contribution in [-0.2, 0) is 19.7 Å². The van der Waals surface area contributed by atoms with Crippen LogP contribution in [0.25, 0.3) is 0 Å². The van der Waals surface area contributed by atoms with Gasteiger partial charge >= 0.3 is 5.97 Å². The normalized spacial score (nSPS) is 16.2. The van der Waals surface area contributed by atoms with Gasteiger partial charge in [0.2, 0.25) is 0 Å². The number of pyridine rings is 1. The minimum atomic E-state index is -3.86. The van der Waals surface area contributed by atoms with Crippen LogP contribution in [0.2, 0.25) is 0 Å². The van der Waals surface area contributed by atoms with E-state index in [2.05, 4.69) is 41.4 Å². The van der Waals surface area contributed by atoms with Gasteiger partial charge in [0.15, 0.2) is 5.82 Å². The Balaban J connectivity index is 2.42. The summed E-state index contributed by atoms with van der Waals surface area (Å²) in [5, 5.41) is 2.66. The van der Waals surface area contributed by atoms with Gasteiger partial charge in [-0.1, -0.05) is 0 Å². The number of sulfonamides is 1. The van der Waals surface area contributed by atoms with Crippen LogP contribution in [0.5, 0.6) is 0 Å². The number of nitrogens with zero attached hydrogens (tertiary/aromatic N) is 2. The van der Waals surface area contributed by atoms with Gasteiger partial charge in [0.1, 0.15) is 17.2 Å². The first-order chi connectivity index (χ1) is 8.42. The average Bonchev–Trinajstić information content (AvgIpc) is 2.29. The third-order valence-electron chi connectivity index (χ3n) is 2.06. The number of hydrogen-bond acceptors (Lipinski definition) is 6. The zero-order valence-corrected chi connectivity index (χ0v) is 11.3. The second-order valence-electron chi connectivity index (χ2n) is 3.33. The van der Waals surface area contributed by atoms with Crippen LogP contribution in [0.3, 0.4) is 0 Å². The Morgan fingerprint density at radius 2 is 2.28 bits per heavy atom. The van der Waals surface area contributed by atoms with Crippen LogP contribution >= 0.6 is 15.9 Å². The number of rotatable bonds is 2. The molecule has 1 aliphatic rings. The minimum absolute atomic E-state index is 0.0500. The highest BCUT2D eigenvalue weighted by molar-refractivity contribution is 9.10. The third-order valence-corrected chi connectivity index (χ3v) is 3.82. The SMILES string of the molecule is [NH3+]OC(=O)CC1=NS(=O)(=O)c2cc(Br)cnc2N1. The molecule has 96 valence electrons. The number of anilines is 1. The number of hydrogen-bond donors (Lipinski definition) is 2. The molecule has 0 radical (unpaired) electrons. The molecule has 18 heavy (non-hydrogen) atoms. The van der Waals surface area contributed by atoms with E-state index in [1.165, 1.54) is 12.3 Å². The molecule has 1 aromatic heterocycles. The lowest BCUT2D eigenvalue weighted by atomic mass is 10.4. The monoisotopic (exact) mass is 335 g/mol. The summed E-state index contributed by atoms with van der Waals surface area (Å²) in [6.07, 6.45) is 1.11. The van der Waals surface area contributed by atoms with E-state index in [9.17, 15) is 13.2 Å². The second kappa shape index (κ2) is 4.63. The van der Waals surface area contributed by atoms with Crippen LogP contribution in [0.4, 0.5) is 5.82 Å². The fourth-order valence-corrected chi connectivity index (χ4v) is 2.93. The van der Waals surface area contributed by atoms with Gasteiger partial charge in [0.05, 0.1) is 0 Å². The van der Waals surface area contributed by atoms with E-state index in [4.69, 9.17) is 0 Å². The van der Waals surface area contributed by atoms with Crippen molar-refractivity contribution in [3.05, 3.63) is 16.7 Å². The van der Waals surface area contributed by atoms with Crippen molar-refractivity contribution < 1.29 is 23.9 Å². The van der Waals surface area contributed by atoms with Crippen LogP contribution in [0.1, 0.15) is 6.42 Å². The Kier molecular flexibility index (Phi) is 3.32. The molecule has 1 aromatic rings. The Bertz CT molecular complexity index is 642. The lowest BCUT2D eigenvalue weighted by Gasteiger charge is -2.16. The molecule has 2 rings (SSSR count). The number of carbonyl (C=O) groups excluding carboxylic acids is 1. The van der Waals surface area contributed by atoms with Crippen molar-refractivity contribution in [2.45, 2.75) is 11.3 Å². The Morgan fingerprint density at radius 1 is 1.56 bits per heavy atom. The summed E-state index contributed by atoms with van der Waals surface area (Å²) in [5.74, 6) is 2.32. The van der Waals surface area contributed by atoms with Gasteiger partial charge in [0.25, 0.3) is 10.0 Å². The van der Waals surface area contributed by atoms with E-state index < -0.39 is 16.0 Å². The summed E-state index contributed by atoms with van der Waals surface area (Å²) in [7, 11) is -3.86. The largest absolute Gasteiger partial charge is 0.373 e. The van der Waals surface area contributed by atoms with Crippen LogP contribution in [0.15, 0.2) is 26.0 Å². The predicted octanol–water partition coefficient (Wildman–Crippen LogP) is -0.553. The lowest BCUT2D eigenvalue weighted by Crippen LogP contribution is -2.51. The van der Waals surface area contributed by atoms with E-state index in [1.54, 1.807) is 0 Å². The molecule has 4 N–H and O–H groups in total. The first-order valence-corrected chi connectivity index (χ1v) is 6.87. The Labute approximate surface area is 110 Å². The molecular weight excluding hydrogens is 328 g/mol. The second-order valence-corrected chi connectivity index (χ2v) is 5.82. The summed E-state index contributed by atoms with van der Waals surface area (Å²) < 4.78 is 27.7. The van der Waals surface area contributed by atoms with E-state index in [1.807, 2.05) is 0 Å². The average molecular weight is 336 g/mol. The predicted molar refractivity (Wildman–Crippen MR) is 63.8 cm³/mol. The molecule has 0 spiro atoms. The maximum atomic E-state index is 11.8. The van der Waals surface area contributed by atoms with E-state index in [0.717, 1.165) is 0 Å². The quantitative estimate of drug-likeness (QED) is 0.698. The third kappa shape index (κ3) is 2.49. The standard InChI is InChI=1S/C8H8BrN4O4S/c9-4-1-5-8(11-3-4)12-6(2-7(14)17-10)13-18(5,15)16/h1,3H,2H2,10H3,(H,11,12,13)/q+1. The maximum absolute atomic E-state index is 11.8. The summed E-state index contributed by atoms with van der Waals surface area (Å²) in [6.45, 7) is 0. The highest BCUT2D eigenvalue weighted by Crippen LogP contribution is 2.28. The number of quaternary nitrogens is 1. The summed E-state index contributed by atoms with van der Waals surface area (Å²) in [5.41, 5.74) is 0. The molecule has 0 amide bonds. The number of aromatic nitrogens is 1. The Hall–Kier alpha value is -1.52. The van der Waals surface area contributed by atoms with Gasteiger partial charge in [-0.25, -0.2) is 9.78 Å². The molecule has 0 aromatic carbocycles. The highest BCUT2D eigenvalue weighted by atomic mass is 79.9. The molecule has 0 saturated heterocycles. The molecule has 0 fully saturated rings. The number of halogens is 1. The van der Waals surface area contributed by atoms with Crippen LogP contribution in [0, 0.1) is 0 Å². The van der Waals surface area contributed by atoms with Crippen molar-refractivity contribution in [3.63, 3.8) is 0 Å². The van der Waals surface area contributed by atoms with Gasteiger partial charge in [-0.05, 0) is 22.0 Å². The van der Waals surface area contributed by atoms with E-state index >= 15 is 0 Å². The molecular formula is C8H8BrN4O4S+. The zero-order valence-electron chi connectivity index (χ0n) is 8.88. The lowest BCUT2D eigenvalue weighted by molar-refractivity contribution is -0.657. The molecule has 0 atom stereocenters. The molecule has 10 heteroatoms. The minimum Gasteiger partial charge on any atom is -0.326 e. The highest BCUT2D eigenvalue weighted by Gasteiger charge is 2.27. The first-order valence-electron chi connectivity index (χ1n) is 4.63. The molecule has 0 saturated carbocycles. The maximum Gasteiger partial charge on any atom is 0.373 e. The number of fused-ring (bicyclic) bond motifs is 1.